The van der Waals surface area contributed by atoms with Gasteiger partial charge in [0, 0.05) is 11.9 Å². The van der Waals surface area contributed by atoms with Gasteiger partial charge in [0.2, 0.25) is 0 Å². The molecule has 2 N–H and O–H groups in total. The summed E-state index contributed by atoms with van der Waals surface area (Å²) in [7, 11) is 0. The molecule has 0 bridgehead atoms. The van der Waals surface area contributed by atoms with Crippen LogP contribution in [0.2, 0.25) is 0 Å². The molecule has 0 aliphatic rings. The molecule has 0 atom stereocenters. The summed E-state index contributed by atoms with van der Waals surface area (Å²) in [6.45, 7) is 4.74. The Morgan fingerprint density at radius 2 is 1.88 bits per heavy atom. The van der Waals surface area contributed by atoms with Crippen LogP contribution in [0, 0.1) is 0 Å². The highest BCUT2D eigenvalue weighted by Gasteiger charge is 2.13. The molecule has 7 nitrogen and oxygen atoms in total. The van der Waals surface area contributed by atoms with Gasteiger partial charge in [-0.15, -0.1) is 10.2 Å². The Hall–Kier alpha value is -3.48. The van der Waals surface area contributed by atoms with Gasteiger partial charge < -0.3 is 9.67 Å². The largest absolute Gasteiger partial charge is 0.508 e. The zero-order chi connectivity index (χ0) is 18.1. The fraction of sp³-hybridized carbons (Fsp3) is 0.158. The number of hydrazone groups is 1. The molecular weight excluding hydrogens is 328 g/mol. The van der Waals surface area contributed by atoms with Gasteiger partial charge in [-0.3, -0.25) is 0 Å². The Balaban J connectivity index is 1.70. The molecule has 2 heterocycles. The van der Waals surface area contributed by atoms with Crippen molar-refractivity contribution in [1.29, 1.82) is 0 Å². The molecule has 2 aromatic carbocycles. The summed E-state index contributed by atoms with van der Waals surface area (Å²) in [5.41, 5.74) is 7.18. The van der Waals surface area contributed by atoms with Gasteiger partial charge in [0.05, 0.1) is 11.2 Å². The first kappa shape index (κ1) is 16.0. The van der Waals surface area contributed by atoms with Gasteiger partial charge >= 0.3 is 0 Å². The van der Waals surface area contributed by atoms with E-state index in [9.17, 15) is 5.11 Å². The van der Waals surface area contributed by atoms with Crippen LogP contribution in [0.4, 0.5) is 5.95 Å². The number of phenols is 1. The lowest BCUT2D eigenvalue weighted by molar-refractivity contribution is 0.475. The standard InChI is InChI=1S/C19H18N6O/c1-3-25-16-7-5-4-6-15(16)17-18(25)20-19(24-22-17)23-21-12(2)13-8-10-14(26)11-9-13/h4-11,26H,3H2,1-2H3,(H,20,23,24)/b21-12-. The Bertz CT molecular complexity index is 1110. The van der Waals surface area contributed by atoms with E-state index in [0.717, 1.165) is 39.9 Å². The minimum Gasteiger partial charge on any atom is -0.508 e. The van der Waals surface area contributed by atoms with E-state index in [0.29, 0.717) is 5.95 Å². The molecule has 0 spiro atoms. The zero-order valence-electron chi connectivity index (χ0n) is 14.5. The van der Waals surface area contributed by atoms with E-state index in [1.807, 2.05) is 25.1 Å². The summed E-state index contributed by atoms with van der Waals surface area (Å²) in [6.07, 6.45) is 0. The number of phenolic OH excluding ortho intramolecular Hbond substituents is 1. The smallest absolute Gasteiger partial charge is 0.265 e. The third kappa shape index (κ3) is 2.73. The molecule has 0 radical (unpaired) electrons. The number of hydrogen-bond donors (Lipinski definition) is 2. The number of aromatic nitrogens is 4. The third-order valence-corrected chi connectivity index (χ3v) is 4.30. The summed E-state index contributed by atoms with van der Waals surface area (Å²) in [4.78, 5) is 4.59. The second-order valence-electron chi connectivity index (χ2n) is 5.92. The minimum absolute atomic E-state index is 0.222. The van der Waals surface area contributed by atoms with E-state index < -0.39 is 0 Å². The van der Waals surface area contributed by atoms with Gasteiger partial charge in [-0.2, -0.15) is 10.1 Å². The molecule has 0 saturated heterocycles. The molecule has 4 aromatic rings. The zero-order valence-corrected chi connectivity index (χ0v) is 14.5. The van der Waals surface area contributed by atoms with Crippen molar-refractivity contribution in [3.63, 3.8) is 0 Å². The van der Waals surface area contributed by atoms with Gasteiger partial charge in [0.25, 0.3) is 5.95 Å². The normalized spacial score (nSPS) is 12.0. The number of nitrogens with one attached hydrogen (secondary N) is 1. The van der Waals surface area contributed by atoms with Crippen LogP contribution < -0.4 is 5.43 Å². The molecule has 0 saturated carbocycles. The Morgan fingerprint density at radius 3 is 2.65 bits per heavy atom. The lowest BCUT2D eigenvalue weighted by atomic mass is 10.1. The Labute approximate surface area is 150 Å². The summed E-state index contributed by atoms with van der Waals surface area (Å²) in [5.74, 6) is 0.563. The third-order valence-electron chi connectivity index (χ3n) is 4.30. The average Bonchev–Trinajstić information content (AvgIpc) is 2.99. The molecule has 26 heavy (non-hydrogen) atoms. The van der Waals surface area contributed by atoms with E-state index in [2.05, 4.69) is 43.3 Å². The van der Waals surface area contributed by atoms with Crippen LogP contribution in [0.25, 0.3) is 22.1 Å². The Kier molecular flexibility index (Phi) is 3.96. The fourth-order valence-electron chi connectivity index (χ4n) is 2.97. The maximum absolute atomic E-state index is 9.37. The lowest BCUT2D eigenvalue weighted by Crippen LogP contribution is -2.04. The maximum Gasteiger partial charge on any atom is 0.265 e. The van der Waals surface area contributed by atoms with Crippen LogP contribution in [0.15, 0.2) is 53.6 Å². The molecule has 0 amide bonds. The minimum atomic E-state index is 0.222. The molecule has 0 unspecified atom stereocenters. The number of aromatic hydroxyl groups is 1. The topological polar surface area (TPSA) is 88.2 Å². The first-order valence-electron chi connectivity index (χ1n) is 8.38. The molecule has 130 valence electrons. The molecule has 4 rings (SSSR count). The number of rotatable bonds is 4. The first-order chi connectivity index (χ1) is 12.7. The van der Waals surface area contributed by atoms with Crippen LogP contribution in [-0.2, 0) is 6.54 Å². The average molecular weight is 346 g/mol. The van der Waals surface area contributed by atoms with Crippen LogP contribution >= 0.6 is 0 Å². The molecule has 0 fully saturated rings. The SMILES string of the molecule is CCn1c2ccccc2c2nnc(N/N=C(/C)c3ccc(O)cc3)nc21. The fourth-order valence-corrected chi connectivity index (χ4v) is 2.97. The van der Waals surface area contributed by atoms with Crippen LogP contribution in [0.5, 0.6) is 5.75 Å². The summed E-state index contributed by atoms with van der Waals surface area (Å²) < 4.78 is 2.11. The van der Waals surface area contributed by atoms with Gasteiger partial charge in [-0.25, -0.2) is 5.43 Å². The van der Waals surface area contributed by atoms with Crippen molar-refractivity contribution in [2.75, 3.05) is 5.43 Å². The first-order valence-corrected chi connectivity index (χ1v) is 8.38. The van der Waals surface area contributed by atoms with Crippen LogP contribution in [-0.4, -0.2) is 30.6 Å². The molecule has 2 aromatic heterocycles. The molecule has 0 aliphatic carbocycles. The van der Waals surface area contributed by atoms with E-state index in [1.54, 1.807) is 24.3 Å². The number of para-hydroxylation sites is 1. The van der Waals surface area contributed by atoms with Gasteiger partial charge in [-0.1, -0.05) is 18.2 Å². The van der Waals surface area contributed by atoms with Crippen LogP contribution in [0.1, 0.15) is 19.4 Å². The molecule has 7 heteroatoms. The van der Waals surface area contributed by atoms with Crippen molar-refractivity contribution < 1.29 is 5.11 Å². The van der Waals surface area contributed by atoms with E-state index in [4.69, 9.17) is 0 Å². The second kappa shape index (κ2) is 6.44. The molecule has 0 aliphatic heterocycles. The van der Waals surface area contributed by atoms with Crippen LogP contribution in [0.3, 0.4) is 0 Å². The maximum atomic E-state index is 9.37. The van der Waals surface area contributed by atoms with Crippen molar-refractivity contribution in [1.82, 2.24) is 19.7 Å². The van der Waals surface area contributed by atoms with E-state index in [1.165, 1.54) is 0 Å². The van der Waals surface area contributed by atoms with Gasteiger partial charge in [0.15, 0.2) is 5.65 Å². The number of nitrogens with zero attached hydrogens (tertiary/aromatic N) is 5. The molecular formula is C19H18N6O. The number of aryl methyl sites for hydroxylation is 1. The van der Waals surface area contributed by atoms with Crippen molar-refractivity contribution in [3.05, 3.63) is 54.1 Å². The van der Waals surface area contributed by atoms with Crippen molar-refractivity contribution in [2.45, 2.75) is 20.4 Å². The van der Waals surface area contributed by atoms with E-state index in [-0.39, 0.29) is 5.75 Å². The summed E-state index contributed by atoms with van der Waals surface area (Å²) >= 11 is 0. The number of hydrogen-bond acceptors (Lipinski definition) is 6. The number of anilines is 1. The quantitative estimate of drug-likeness (QED) is 0.436. The van der Waals surface area contributed by atoms with Crippen molar-refractivity contribution in [3.8, 4) is 5.75 Å². The van der Waals surface area contributed by atoms with Gasteiger partial charge in [-0.05, 0) is 49.7 Å². The Morgan fingerprint density at radius 1 is 1.12 bits per heavy atom. The van der Waals surface area contributed by atoms with E-state index >= 15 is 0 Å². The number of fused-ring (bicyclic) bond motifs is 3. The highest BCUT2D eigenvalue weighted by atomic mass is 16.3. The highest BCUT2D eigenvalue weighted by Crippen LogP contribution is 2.26. The predicted octanol–water partition coefficient (Wildman–Crippen LogP) is 3.54. The highest BCUT2D eigenvalue weighted by molar-refractivity contribution is 6.04. The number of benzene rings is 2. The summed E-state index contributed by atoms with van der Waals surface area (Å²) in [6, 6.07) is 14.9. The summed E-state index contributed by atoms with van der Waals surface area (Å²) in [5, 5.41) is 23.2. The monoisotopic (exact) mass is 346 g/mol. The lowest BCUT2D eigenvalue weighted by Gasteiger charge is -2.04. The van der Waals surface area contributed by atoms with Crippen molar-refractivity contribution in [2.24, 2.45) is 5.10 Å². The second-order valence-corrected chi connectivity index (χ2v) is 5.92. The van der Waals surface area contributed by atoms with Gasteiger partial charge in [0.1, 0.15) is 11.3 Å². The predicted molar refractivity (Wildman–Crippen MR) is 102 cm³/mol. The van der Waals surface area contributed by atoms with Crippen molar-refractivity contribution >= 4 is 33.7 Å².